The lowest BCUT2D eigenvalue weighted by atomic mass is 9.97. The van der Waals surface area contributed by atoms with Gasteiger partial charge in [-0.05, 0) is 37.1 Å². The molecular formula is C18H21NO3. The summed E-state index contributed by atoms with van der Waals surface area (Å²) >= 11 is 0. The minimum absolute atomic E-state index is 0.0522. The summed E-state index contributed by atoms with van der Waals surface area (Å²) in [5.74, 6) is -0.0853. The smallest absolute Gasteiger partial charge is 0.257 e. The van der Waals surface area contributed by atoms with E-state index in [1.54, 1.807) is 6.07 Å². The molecule has 1 unspecified atom stereocenters. The summed E-state index contributed by atoms with van der Waals surface area (Å²) in [6.07, 6.45) is 3.57. The van der Waals surface area contributed by atoms with Gasteiger partial charge in [0, 0.05) is 24.6 Å². The molecule has 2 N–H and O–H groups in total. The number of phenolic OH excluding ortho intramolecular Hbond substituents is 1. The van der Waals surface area contributed by atoms with Gasteiger partial charge < -0.3 is 15.1 Å². The predicted molar refractivity (Wildman–Crippen MR) is 86.0 cm³/mol. The third-order valence-electron chi connectivity index (χ3n) is 4.48. The Balaban J connectivity index is 1.95. The van der Waals surface area contributed by atoms with Crippen LogP contribution in [0.5, 0.6) is 5.75 Å². The van der Waals surface area contributed by atoms with Gasteiger partial charge in [0.15, 0.2) is 0 Å². The van der Waals surface area contributed by atoms with E-state index in [4.69, 9.17) is 0 Å². The van der Waals surface area contributed by atoms with Crippen LogP contribution in [0.2, 0.25) is 0 Å². The molecule has 1 amide bonds. The quantitative estimate of drug-likeness (QED) is 0.916. The fourth-order valence-electron chi connectivity index (χ4n) is 3.30. The van der Waals surface area contributed by atoms with Crippen LogP contribution in [-0.4, -0.2) is 40.2 Å². The molecule has 4 heteroatoms. The molecule has 1 heterocycles. The van der Waals surface area contributed by atoms with Crippen molar-refractivity contribution < 1.29 is 15.0 Å². The number of aromatic hydroxyl groups is 1. The van der Waals surface area contributed by atoms with Gasteiger partial charge in [-0.3, -0.25) is 4.79 Å². The van der Waals surface area contributed by atoms with E-state index in [0.717, 1.165) is 24.6 Å². The number of amides is 1. The highest BCUT2D eigenvalue weighted by Gasteiger charge is 2.28. The second-order valence-electron chi connectivity index (χ2n) is 5.84. The third kappa shape index (κ3) is 2.66. The minimum Gasteiger partial charge on any atom is -0.506 e. The summed E-state index contributed by atoms with van der Waals surface area (Å²) in [5.41, 5.74) is 0.350. The number of likely N-dealkylation sites (tertiary alicyclic amines) is 1. The molecule has 0 aliphatic carbocycles. The Bertz CT molecular complexity index is 681. The number of carbonyl (C=O) groups excluding carboxylic acids is 1. The number of carbonyl (C=O) groups is 1. The first-order valence-electron chi connectivity index (χ1n) is 7.85. The fraction of sp³-hybridized carbons (Fsp3) is 0.389. The Labute approximate surface area is 130 Å². The summed E-state index contributed by atoms with van der Waals surface area (Å²) in [7, 11) is 0. The first-order chi connectivity index (χ1) is 10.7. The lowest BCUT2D eigenvalue weighted by molar-refractivity contribution is 0.0572. The van der Waals surface area contributed by atoms with E-state index in [1.807, 2.05) is 35.2 Å². The highest BCUT2D eigenvalue weighted by Crippen LogP contribution is 2.31. The Morgan fingerprint density at radius 3 is 2.82 bits per heavy atom. The normalized spacial score (nSPS) is 18.6. The van der Waals surface area contributed by atoms with Gasteiger partial charge in [0.2, 0.25) is 0 Å². The molecule has 1 saturated heterocycles. The second kappa shape index (κ2) is 6.36. The van der Waals surface area contributed by atoms with Gasteiger partial charge in [0.05, 0.1) is 5.56 Å². The predicted octanol–water partition coefficient (Wildman–Crippen LogP) is 2.92. The van der Waals surface area contributed by atoms with Crippen LogP contribution in [0.3, 0.4) is 0 Å². The molecule has 2 aromatic rings. The standard InChI is InChI=1S/C18H21NO3/c20-12-10-14-6-3-4-11-19(14)18(22)16-9-8-13-5-1-2-7-15(13)17(16)21/h1-2,5,7-9,14,20-21H,3-4,6,10-12H2. The lowest BCUT2D eigenvalue weighted by Crippen LogP contribution is -2.44. The van der Waals surface area contributed by atoms with Crippen LogP contribution in [0.15, 0.2) is 36.4 Å². The van der Waals surface area contributed by atoms with Crippen molar-refractivity contribution in [2.45, 2.75) is 31.7 Å². The minimum atomic E-state index is -0.138. The van der Waals surface area contributed by atoms with Crippen molar-refractivity contribution in [2.24, 2.45) is 0 Å². The molecule has 1 aliphatic heterocycles. The number of phenols is 1. The monoisotopic (exact) mass is 299 g/mol. The highest BCUT2D eigenvalue weighted by atomic mass is 16.3. The topological polar surface area (TPSA) is 60.8 Å². The number of rotatable bonds is 3. The summed E-state index contributed by atoms with van der Waals surface area (Å²) in [4.78, 5) is 14.6. The van der Waals surface area contributed by atoms with E-state index in [9.17, 15) is 15.0 Å². The van der Waals surface area contributed by atoms with Crippen molar-refractivity contribution in [2.75, 3.05) is 13.2 Å². The second-order valence-corrected chi connectivity index (χ2v) is 5.84. The van der Waals surface area contributed by atoms with Crippen LogP contribution in [0.1, 0.15) is 36.0 Å². The number of piperidine rings is 1. The molecule has 0 aromatic heterocycles. The number of hydrogen-bond acceptors (Lipinski definition) is 3. The van der Waals surface area contributed by atoms with Crippen LogP contribution in [0.25, 0.3) is 10.8 Å². The summed E-state index contributed by atoms with van der Waals surface area (Å²) in [5, 5.41) is 21.3. The highest BCUT2D eigenvalue weighted by molar-refractivity contribution is 6.03. The van der Waals surface area contributed by atoms with Crippen LogP contribution in [-0.2, 0) is 0 Å². The van der Waals surface area contributed by atoms with E-state index in [2.05, 4.69) is 0 Å². The molecule has 4 nitrogen and oxygen atoms in total. The molecule has 0 saturated carbocycles. The summed E-state index contributed by atoms with van der Waals surface area (Å²) < 4.78 is 0. The summed E-state index contributed by atoms with van der Waals surface area (Å²) in [6.45, 7) is 0.772. The van der Waals surface area contributed by atoms with Gasteiger partial charge in [-0.25, -0.2) is 0 Å². The van der Waals surface area contributed by atoms with E-state index in [0.29, 0.717) is 23.9 Å². The molecule has 3 rings (SSSR count). The number of aliphatic hydroxyl groups is 1. The average molecular weight is 299 g/mol. The zero-order valence-corrected chi connectivity index (χ0v) is 12.5. The van der Waals surface area contributed by atoms with Gasteiger partial charge in [-0.2, -0.15) is 0 Å². The maximum absolute atomic E-state index is 12.8. The third-order valence-corrected chi connectivity index (χ3v) is 4.48. The van der Waals surface area contributed by atoms with Crippen LogP contribution in [0.4, 0.5) is 0 Å². The van der Waals surface area contributed by atoms with Crippen molar-refractivity contribution in [3.8, 4) is 5.75 Å². The fourth-order valence-corrected chi connectivity index (χ4v) is 3.30. The largest absolute Gasteiger partial charge is 0.506 e. The molecule has 1 aliphatic rings. The van der Waals surface area contributed by atoms with Crippen LogP contribution < -0.4 is 0 Å². The maximum Gasteiger partial charge on any atom is 0.257 e. The molecular weight excluding hydrogens is 278 g/mol. The summed E-state index contributed by atoms with van der Waals surface area (Å²) in [6, 6.07) is 11.1. The molecule has 1 atom stereocenters. The van der Waals surface area contributed by atoms with Gasteiger partial charge in [0.25, 0.3) is 5.91 Å². The molecule has 2 aromatic carbocycles. The number of nitrogens with zero attached hydrogens (tertiary/aromatic N) is 1. The number of benzene rings is 2. The van der Waals surface area contributed by atoms with Crippen LogP contribution >= 0.6 is 0 Å². The Morgan fingerprint density at radius 1 is 1.18 bits per heavy atom. The number of aliphatic hydroxyl groups excluding tert-OH is 1. The van der Waals surface area contributed by atoms with Gasteiger partial charge in [0.1, 0.15) is 5.75 Å². The first-order valence-corrected chi connectivity index (χ1v) is 7.85. The van der Waals surface area contributed by atoms with E-state index in [1.165, 1.54) is 0 Å². The van der Waals surface area contributed by atoms with E-state index in [-0.39, 0.29) is 24.3 Å². The SMILES string of the molecule is O=C(c1ccc2ccccc2c1O)N1CCCCC1CCO. The van der Waals surface area contributed by atoms with Crippen molar-refractivity contribution in [1.29, 1.82) is 0 Å². The van der Waals surface area contributed by atoms with E-state index < -0.39 is 0 Å². The molecule has 116 valence electrons. The first kappa shape index (κ1) is 14.9. The molecule has 22 heavy (non-hydrogen) atoms. The van der Waals surface area contributed by atoms with Gasteiger partial charge in [-0.1, -0.05) is 30.3 Å². The lowest BCUT2D eigenvalue weighted by Gasteiger charge is -2.35. The maximum atomic E-state index is 12.8. The van der Waals surface area contributed by atoms with Gasteiger partial charge >= 0.3 is 0 Å². The van der Waals surface area contributed by atoms with E-state index >= 15 is 0 Å². The zero-order valence-electron chi connectivity index (χ0n) is 12.5. The van der Waals surface area contributed by atoms with Crippen molar-refractivity contribution >= 4 is 16.7 Å². The molecule has 1 fully saturated rings. The van der Waals surface area contributed by atoms with Crippen molar-refractivity contribution in [3.63, 3.8) is 0 Å². The molecule has 0 bridgehead atoms. The Hall–Kier alpha value is -2.07. The average Bonchev–Trinajstić information content (AvgIpc) is 2.56. The van der Waals surface area contributed by atoms with Gasteiger partial charge in [-0.15, -0.1) is 0 Å². The van der Waals surface area contributed by atoms with Crippen LogP contribution in [0, 0.1) is 0 Å². The molecule has 0 spiro atoms. The number of fused-ring (bicyclic) bond motifs is 1. The van der Waals surface area contributed by atoms with Crippen molar-refractivity contribution in [1.82, 2.24) is 4.90 Å². The Kier molecular flexibility index (Phi) is 4.29. The van der Waals surface area contributed by atoms with Crippen molar-refractivity contribution in [3.05, 3.63) is 42.0 Å². The Morgan fingerprint density at radius 2 is 2.00 bits per heavy atom. The zero-order chi connectivity index (χ0) is 15.5. The number of hydrogen-bond donors (Lipinski definition) is 2. The molecule has 0 radical (unpaired) electrons.